The zero-order valence-electron chi connectivity index (χ0n) is 31.3. The van der Waals surface area contributed by atoms with Crippen LogP contribution in [0.25, 0.3) is 0 Å². The molecule has 15 nitrogen and oxygen atoms in total. The number of cyclic esters (lactones) is 1. The second-order valence-corrected chi connectivity index (χ2v) is 15.1. The summed E-state index contributed by atoms with van der Waals surface area (Å²) in [6, 6.07) is -1.26. The van der Waals surface area contributed by atoms with E-state index in [9.17, 15) is 29.1 Å². The van der Waals surface area contributed by atoms with Gasteiger partial charge in [-0.1, -0.05) is 27.7 Å². The van der Waals surface area contributed by atoms with Crippen LogP contribution in [0.4, 0.5) is 9.59 Å². The molecule has 50 heavy (non-hydrogen) atoms. The first-order valence-electron chi connectivity index (χ1n) is 17.6. The molecule has 0 saturated carbocycles. The van der Waals surface area contributed by atoms with Crippen LogP contribution in [0.15, 0.2) is 4.99 Å². The number of amides is 2. The first-order valence-corrected chi connectivity index (χ1v) is 17.6. The van der Waals surface area contributed by atoms with E-state index in [1.807, 2.05) is 25.9 Å². The van der Waals surface area contributed by atoms with Crippen LogP contribution in [0.1, 0.15) is 74.7 Å². The number of hydrogen-bond acceptors (Lipinski definition) is 13. The predicted octanol–water partition coefficient (Wildman–Crippen LogP) is 2.35. The molecule has 4 rings (SSSR count). The summed E-state index contributed by atoms with van der Waals surface area (Å²) in [5.74, 6) is -5.77. The van der Waals surface area contributed by atoms with Gasteiger partial charge in [0.2, 0.25) is 0 Å². The number of rotatable bonds is 4. The van der Waals surface area contributed by atoms with Crippen molar-refractivity contribution in [3.63, 3.8) is 0 Å². The van der Waals surface area contributed by atoms with Gasteiger partial charge in [0.1, 0.15) is 35.6 Å². The SMILES string of the molecule is CC[C@H]1OC(=O)[C@H](C)C(=O)[C@H](C)[C@@H](O[C@@H]2O[C@H](C)C[C@H](N(C)C)[C@H]2O)[C@@]2(C)C[C@@H](C)C(=O)[C@H](C)[C@H]3N(CC(=NC)CNC(=O)O2)C(=O)O[C@]13C. The summed E-state index contributed by atoms with van der Waals surface area (Å²) in [6.45, 7) is 13.0. The van der Waals surface area contributed by atoms with Gasteiger partial charge in [0.15, 0.2) is 17.7 Å². The summed E-state index contributed by atoms with van der Waals surface area (Å²) in [4.78, 5) is 77.3. The lowest BCUT2D eigenvalue weighted by Crippen LogP contribution is -2.60. The lowest BCUT2D eigenvalue weighted by atomic mass is 9.73. The Balaban J connectivity index is 1.94. The van der Waals surface area contributed by atoms with Gasteiger partial charge in [-0.3, -0.25) is 24.3 Å². The minimum absolute atomic E-state index is 0.0800. The quantitative estimate of drug-likeness (QED) is 0.248. The Labute approximate surface area is 294 Å². The second-order valence-electron chi connectivity index (χ2n) is 15.1. The summed E-state index contributed by atoms with van der Waals surface area (Å²) < 4.78 is 30.8. The molecule has 13 atom stereocenters. The van der Waals surface area contributed by atoms with Crippen LogP contribution in [0.3, 0.4) is 0 Å². The van der Waals surface area contributed by atoms with E-state index in [1.165, 1.54) is 18.9 Å². The Hall–Kier alpha value is -3.14. The molecule has 2 bridgehead atoms. The highest BCUT2D eigenvalue weighted by atomic mass is 16.7. The van der Waals surface area contributed by atoms with Gasteiger partial charge in [0.05, 0.1) is 30.9 Å². The van der Waals surface area contributed by atoms with Crippen molar-refractivity contribution in [2.75, 3.05) is 34.2 Å². The molecule has 0 aromatic rings. The molecule has 0 unspecified atom stereocenters. The summed E-state index contributed by atoms with van der Waals surface area (Å²) in [6.07, 6.45) is -6.03. The van der Waals surface area contributed by atoms with Gasteiger partial charge in [0, 0.05) is 30.8 Å². The molecule has 0 radical (unpaired) electrons. The van der Waals surface area contributed by atoms with Crippen LogP contribution in [-0.2, 0) is 38.1 Å². The van der Waals surface area contributed by atoms with E-state index in [2.05, 4.69) is 10.3 Å². The Morgan fingerprint density at radius 2 is 1.68 bits per heavy atom. The number of nitrogens with zero attached hydrogens (tertiary/aromatic N) is 3. The predicted molar refractivity (Wildman–Crippen MR) is 180 cm³/mol. The highest BCUT2D eigenvalue weighted by molar-refractivity contribution is 6.00. The van der Waals surface area contributed by atoms with E-state index < -0.39 is 89.5 Å². The van der Waals surface area contributed by atoms with E-state index in [1.54, 1.807) is 41.5 Å². The Morgan fingerprint density at radius 1 is 1.02 bits per heavy atom. The molecule has 0 aromatic carbocycles. The first-order chi connectivity index (χ1) is 23.3. The zero-order valence-corrected chi connectivity index (χ0v) is 31.3. The van der Waals surface area contributed by atoms with Crippen LogP contribution in [0.2, 0.25) is 0 Å². The van der Waals surface area contributed by atoms with Crippen LogP contribution < -0.4 is 5.32 Å². The molecule has 4 aliphatic heterocycles. The minimum Gasteiger partial charge on any atom is -0.458 e. The number of Topliss-reactive ketones (excluding diaryl/α,β-unsaturated/α-hetero) is 2. The number of likely N-dealkylation sites (N-methyl/N-ethyl adjacent to an activating group) is 1. The van der Waals surface area contributed by atoms with Gasteiger partial charge in [0.25, 0.3) is 0 Å². The average Bonchev–Trinajstić information content (AvgIpc) is 3.31. The molecule has 0 spiro atoms. The molecular weight excluding hydrogens is 652 g/mol. The minimum atomic E-state index is -1.69. The third kappa shape index (κ3) is 7.56. The number of hydrogen-bond donors (Lipinski definition) is 2. The van der Waals surface area contributed by atoms with Gasteiger partial charge < -0.3 is 39.0 Å². The number of nitrogens with one attached hydrogen (secondary N) is 1. The van der Waals surface area contributed by atoms with E-state index in [-0.39, 0.29) is 43.9 Å². The number of carbonyl (C=O) groups excluding carboxylic acids is 5. The van der Waals surface area contributed by atoms with Gasteiger partial charge in [-0.2, -0.15) is 0 Å². The Bertz CT molecular complexity index is 1360. The largest absolute Gasteiger partial charge is 0.458 e. The standard InChI is InChI=1S/C35H56N4O11/c1-12-24-35(8)28-19(4)25(40)17(2)14-34(7,49-32(44)37-15-22(36-9)16-39(28)33(45)50-35)29(20(5)26(41)21(6)30(43)47-24)48-31-27(42)23(38(10)11)13-18(3)46-31/h17-21,23-24,27-29,31,42H,12-16H2,1-11H3,(H,37,44)/t17-,18-,19+,20+,21-,23+,24-,27-,28-,29-,31+,34-,35-/m1/s1. The average molecular weight is 709 g/mol. The number of alkyl carbamates (subject to hydrolysis) is 1. The lowest BCUT2D eigenvalue weighted by Gasteiger charge is -2.47. The van der Waals surface area contributed by atoms with Crippen LogP contribution in [0.5, 0.6) is 0 Å². The van der Waals surface area contributed by atoms with E-state index in [4.69, 9.17) is 23.7 Å². The number of carbonyl (C=O) groups is 5. The smallest absolute Gasteiger partial charge is 0.411 e. The highest BCUT2D eigenvalue weighted by Gasteiger charge is 2.61. The van der Waals surface area contributed by atoms with E-state index >= 15 is 0 Å². The van der Waals surface area contributed by atoms with Gasteiger partial charge in [-0.05, 0) is 61.1 Å². The zero-order chi connectivity index (χ0) is 37.5. The first kappa shape index (κ1) is 39.6. The molecule has 4 heterocycles. The van der Waals surface area contributed by atoms with Crippen LogP contribution in [0, 0.1) is 23.7 Å². The summed E-state index contributed by atoms with van der Waals surface area (Å²) in [7, 11) is 5.18. The van der Waals surface area contributed by atoms with Gasteiger partial charge >= 0.3 is 18.2 Å². The maximum absolute atomic E-state index is 14.5. The van der Waals surface area contributed by atoms with E-state index in [0.717, 1.165) is 0 Å². The van der Waals surface area contributed by atoms with Crippen molar-refractivity contribution < 1.29 is 52.8 Å². The topological polar surface area (TPSA) is 183 Å². The van der Waals surface area contributed by atoms with Crippen molar-refractivity contribution in [1.29, 1.82) is 0 Å². The molecule has 0 aliphatic carbocycles. The lowest BCUT2D eigenvalue weighted by molar-refractivity contribution is -0.292. The third-order valence-corrected chi connectivity index (χ3v) is 11.1. The number of fused-ring (bicyclic) bond motifs is 4. The summed E-state index contributed by atoms with van der Waals surface area (Å²) in [5, 5.41) is 14.1. The summed E-state index contributed by atoms with van der Waals surface area (Å²) >= 11 is 0. The fourth-order valence-electron chi connectivity index (χ4n) is 8.37. The molecule has 4 fully saturated rings. The third-order valence-electron chi connectivity index (χ3n) is 11.1. The summed E-state index contributed by atoms with van der Waals surface area (Å²) in [5.41, 5.74) is -2.77. The van der Waals surface area contributed by atoms with Crippen molar-refractivity contribution in [2.45, 2.75) is 129 Å². The number of ether oxygens (including phenoxy) is 5. The number of aliphatic hydroxyl groups excluding tert-OH is 1. The van der Waals surface area contributed by atoms with Crippen molar-refractivity contribution in [3.8, 4) is 0 Å². The number of aliphatic imine (C=N–C) groups is 1. The van der Waals surface area contributed by atoms with Crippen molar-refractivity contribution in [2.24, 2.45) is 28.7 Å². The fraction of sp³-hybridized carbons (Fsp3) is 0.829. The molecule has 0 aromatic heterocycles. The number of ketones is 2. The molecule has 15 heteroatoms. The second kappa shape index (κ2) is 15.2. The number of aliphatic hydroxyl groups is 1. The number of esters is 1. The molecule has 2 amide bonds. The van der Waals surface area contributed by atoms with Crippen molar-refractivity contribution in [1.82, 2.24) is 15.1 Å². The fourth-order valence-corrected chi connectivity index (χ4v) is 8.37. The molecule has 2 N–H and O–H groups in total. The molecule has 4 saturated heterocycles. The Morgan fingerprint density at radius 3 is 2.28 bits per heavy atom. The Kier molecular flexibility index (Phi) is 12.1. The van der Waals surface area contributed by atoms with Crippen molar-refractivity contribution in [3.05, 3.63) is 0 Å². The van der Waals surface area contributed by atoms with Gasteiger partial charge in [-0.25, -0.2) is 9.59 Å². The molecular formula is C35H56N4O11. The van der Waals surface area contributed by atoms with Crippen molar-refractivity contribution >= 4 is 35.4 Å². The van der Waals surface area contributed by atoms with E-state index in [0.29, 0.717) is 12.1 Å². The van der Waals surface area contributed by atoms with Crippen LogP contribution >= 0.6 is 0 Å². The maximum Gasteiger partial charge on any atom is 0.411 e. The monoisotopic (exact) mass is 708 g/mol. The molecule has 282 valence electrons. The maximum atomic E-state index is 14.5. The molecule has 4 aliphatic rings. The van der Waals surface area contributed by atoms with Crippen LogP contribution in [-0.4, -0.2) is 139 Å². The highest BCUT2D eigenvalue weighted by Crippen LogP contribution is 2.43. The normalized spacial score (nSPS) is 43.1. The van der Waals surface area contributed by atoms with Gasteiger partial charge in [-0.15, -0.1) is 0 Å².